The molecule has 2 aromatic carbocycles. The molecule has 0 bridgehead atoms. The second-order valence-corrected chi connectivity index (χ2v) is 8.03. The van der Waals surface area contributed by atoms with Crippen molar-refractivity contribution in [2.75, 3.05) is 17.2 Å². The van der Waals surface area contributed by atoms with Crippen molar-refractivity contribution >= 4 is 62.5 Å². The van der Waals surface area contributed by atoms with Gasteiger partial charge >= 0.3 is 5.97 Å². The normalized spacial score (nSPS) is 15.1. The first-order chi connectivity index (χ1) is 13.8. The fourth-order valence-electron chi connectivity index (χ4n) is 2.49. The lowest BCUT2D eigenvalue weighted by molar-refractivity contribution is -0.384. The standard InChI is InChI=1S/C18H14BrN3O6S/c19-11-7-10(22(26)27)5-6-12(11)20-16(23)9-28-17(24)8-15-18(25)21-13-3-1-2-4-14(13)29-15/h1-7,15H,8-9H2,(H,20,23)(H,21,25). The molecule has 0 aromatic heterocycles. The van der Waals surface area contributed by atoms with Crippen molar-refractivity contribution in [2.24, 2.45) is 0 Å². The van der Waals surface area contributed by atoms with Gasteiger partial charge in [-0.05, 0) is 34.1 Å². The third-order valence-corrected chi connectivity index (χ3v) is 5.79. The van der Waals surface area contributed by atoms with Gasteiger partial charge in [0.2, 0.25) is 5.91 Å². The summed E-state index contributed by atoms with van der Waals surface area (Å²) in [5.41, 5.74) is 0.863. The third kappa shape index (κ3) is 5.33. The predicted molar refractivity (Wildman–Crippen MR) is 110 cm³/mol. The van der Waals surface area contributed by atoms with Crippen LogP contribution in [0, 0.1) is 10.1 Å². The summed E-state index contributed by atoms with van der Waals surface area (Å²) in [6.45, 7) is -0.544. The van der Waals surface area contributed by atoms with Gasteiger partial charge in [0.1, 0.15) is 0 Å². The number of hydrogen-bond donors (Lipinski definition) is 2. The van der Waals surface area contributed by atoms with Crippen molar-refractivity contribution in [2.45, 2.75) is 16.6 Å². The van der Waals surface area contributed by atoms with E-state index in [-0.39, 0.29) is 18.0 Å². The molecule has 1 aliphatic heterocycles. The molecule has 9 nitrogen and oxygen atoms in total. The number of nitro groups is 1. The number of esters is 1. The molecule has 0 saturated heterocycles. The number of ether oxygens (including phenoxy) is 1. The number of nitro benzene ring substituents is 1. The van der Waals surface area contributed by atoms with Gasteiger partial charge in [-0.25, -0.2) is 0 Å². The smallest absolute Gasteiger partial charge is 0.307 e. The molecule has 0 radical (unpaired) electrons. The van der Waals surface area contributed by atoms with Crippen LogP contribution in [0.5, 0.6) is 0 Å². The summed E-state index contributed by atoms with van der Waals surface area (Å²) in [5, 5.41) is 15.3. The van der Waals surface area contributed by atoms with Crippen molar-refractivity contribution in [3.63, 3.8) is 0 Å². The minimum Gasteiger partial charge on any atom is -0.456 e. The van der Waals surface area contributed by atoms with Crippen LogP contribution in [-0.2, 0) is 19.1 Å². The average molecular weight is 480 g/mol. The summed E-state index contributed by atoms with van der Waals surface area (Å²) < 4.78 is 5.27. The van der Waals surface area contributed by atoms with Crippen LogP contribution in [0.1, 0.15) is 6.42 Å². The number of carbonyl (C=O) groups excluding carboxylic acids is 3. The van der Waals surface area contributed by atoms with Gasteiger partial charge in [-0.2, -0.15) is 0 Å². The van der Waals surface area contributed by atoms with E-state index in [9.17, 15) is 24.5 Å². The first kappa shape index (κ1) is 20.8. The lowest BCUT2D eigenvalue weighted by atomic mass is 10.2. The number of hydrogen-bond acceptors (Lipinski definition) is 7. The summed E-state index contributed by atoms with van der Waals surface area (Å²) in [7, 11) is 0. The molecule has 1 unspecified atom stereocenters. The highest BCUT2D eigenvalue weighted by atomic mass is 79.9. The molecule has 29 heavy (non-hydrogen) atoms. The molecule has 2 aromatic rings. The molecular formula is C18H14BrN3O6S. The van der Waals surface area contributed by atoms with Gasteiger partial charge in [-0.3, -0.25) is 24.5 Å². The number of rotatable bonds is 6. The first-order valence-corrected chi connectivity index (χ1v) is 9.96. The summed E-state index contributed by atoms with van der Waals surface area (Å²) in [4.78, 5) is 47.1. The topological polar surface area (TPSA) is 128 Å². The van der Waals surface area contributed by atoms with Crippen LogP contribution in [0.4, 0.5) is 17.1 Å². The highest BCUT2D eigenvalue weighted by molar-refractivity contribution is 9.10. The van der Waals surface area contributed by atoms with Gasteiger partial charge in [0.25, 0.3) is 11.6 Å². The van der Waals surface area contributed by atoms with Gasteiger partial charge in [0.05, 0.1) is 28.0 Å². The van der Waals surface area contributed by atoms with E-state index in [0.29, 0.717) is 15.8 Å². The molecule has 1 aliphatic rings. The Morgan fingerprint density at radius 2 is 2.03 bits per heavy atom. The zero-order valence-electron chi connectivity index (χ0n) is 14.7. The summed E-state index contributed by atoms with van der Waals surface area (Å²) >= 11 is 4.40. The van der Waals surface area contributed by atoms with E-state index in [1.54, 1.807) is 12.1 Å². The number of halogens is 1. The number of nitrogens with zero attached hydrogens (tertiary/aromatic N) is 1. The van der Waals surface area contributed by atoms with Crippen LogP contribution in [0.2, 0.25) is 0 Å². The number of non-ortho nitro benzene ring substituents is 1. The minimum atomic E-state index is -0.685. The highest BCUT2D eigenvalue weighted by Gasteiger charge is 2.29. The van der Waals surface area contributed by atoms with Crippen LogP contribution in [0.25, 0.3) is 0 Å². The molecule has 2 N–H and O–H groups in total. The quantitative estimate of drug-likeness (QED) is 0.369. The van der Waals surface area contributed by atoms with Crippen molar-refractivity contribution in [3.8, 4) is 0 Å². The van der Waals surface area contributed by atoms with Crippen LogP contribution in [0.15, 0.2) is 51.8 Å². The van der Waals surface area contributed by atoms with E-state index < -0.39 is 28.7 Å². The Kier molecular flexibility index (Phi) is 6.49. The number of para-hydroxylation sites is 1. The van der Waals surface area contributed by atoms with Crippen LogP contribution >= 0.6 is 27.7 Å². The molecule has 150 valence electrons. The number of anilines is 2. The number of amides is 2. The Balaban J connectivity index is 1.50. The number of nitrogens with one attached hydrogen (secondary N) is 2. The number of fused-ring (bicyclic) bond motifs is 1. The van der Waals surface area contributed by atoms with Crippen molar-refractivity contribution in [1.29, 1.82) is 0 Å². The first-order valence-electron chi connectivity index (χ1n) is 8.29. The van der Waals surface area contributed by atoms with E-state index in [0.717, 1.165) is 4.90 Å². The second kappa shape index (κ2) is 9.05. The monoisotopic (exact) mass is 479 g/mol. The fraction of sp³-hybridized carbons (Fsp3) is 0.167. The number of carbonyl (C=O) groups is 3. The average Bonchev–Trinajstić information content (AvgIpc) is 2.68. The lowest BCUT2D eigenvalue weighted by Gasteiger charge is -2.23. The maximum Gasteiger partial charge on any atom is 0.307 e. The SMILES string of the molecule is O=C(COC(=O)CC1Sc2ccccc2NC1=O)Nc1ccc([N+](=O)[O-])cc1Br. The van der Waals surface area contributed by atoms with Crippen LogP contribution in [0.3, 0.4) is 0 Å². The van der Waals surface area contributed by atoms with Gasteiger partial charge < -0.3 is 15.4 Å². The van der Waals surface area contributed by atoms with E-state index in [1.807, 2.05) is 12.1 Å². The van der Waals surface area contributed by atoms with Crippen molar-refractivity contribution < 1.29 is 24.0 Å². The molecule has 11 heteroatoms. The lowest BCUT2D eigenvalue weighted by Crippen LogP contribution is -2.32. The molecule has 0 aliphatic carbocycles. The fourth-order valence-corrected chi connectivity index (χ4v) is 4.05. The van der Waals surface area contributed by atoms with E-state index in [1.165, 1.54) is 30.0 Å². The summed E-state index contributed by atoms with van der Waals surface area (Å²) in [5.74, 6) is -1.60. The molecule has 3 rings (SSSR count). The van der Waals surface area contributed by atoms with E-state index in [2.05, 4.69) is 26.6 Å². The molecule has 1 atom stereocenters. The zero-order chi connectivity index (χ0) is 21.0. The number of thioether (sulfide) groups is 1. The van der Waals surface area contributed by atoms with Gasteiger partial charge in [-0.1, -0.05) is 12.1 Å². The van der Waals surface area contributed by atoms with Crippen molar-refractivity contribution in [3.05, 3.63) is 57.1 Å². The van der Waals surface area contributed by atoms with Crippen LogP contribution < -0.4 is 10.6 Å². The third-order valence-electron chi connectivity index (χ3n) is 3.86. The maximum atomic E-state index is 12.1. The Hall–Kier alpha value is -2.92. The number of benzene rings is 2. The Morgan fingerprint density at radius 3 is 2.76 bits per heavy atom. The second-order valence-electron chi connectivity index (χ2n) is 5.93. The van der Waals surface area contributed by atoms with E-state index >= 15 is 0 Å². The largest absolute Gasteiger partial charge is 0.456 e. The molecule has 0 saturated carbocycles. The summed E-state index contributed by atoms with van der Waals surface area (Å²) in [6.07, 6.45) is -0.181. The minimum absolute atomic E-state index is 0.133. The Labute approximate surface area is 177 Å². The van der Waals surface area contributed by atoms with Crippen LogP contribution in [-0.4, -0.2) is 34.6 Å². The molecule has 2 amide bonds. The molecule has 0 fully saturated rings. The van der Waals surface area contributed by atoms with E-state index in [4.69, 9.17) is 4.74 Å². The summed E-state index contributed by atoms with van der Waals surface area (Å²) in [6, 6.07) is 11.1. The van der Waals surface area contributed by atoms with Gasteiger partial charge in [0.15, 0.2) is 6.61 Å². The Bertz CT molecular complexity index is 999. The zero-order valence-corrected chi connectivity index (χ0v) is 17.1. The predicted octanol–water partition coefficient (Wildman–Crippen LogP) is 3.34. The highest BCUT2D eigenvalue weighted by Crippen LogP contribution is 2.36. The van der Waals surface area contributed by atoms with Gasteiger partial charge in [0, 0.05) is 21.5 Å². The molecular weight excluding hydrogens is 466 g/mol. The molecule has 0 spiro atoms. The van der Waals surface area contributed by atoms with Crippen molar-refractivity contribution in [1.82, 2.24) is 0 Å². The van der Waals surface area contributed by atoms with Gasteiger partial charge in [-0.15, -0.1) is 11.8 Å². The maximum absolute atomic E-state index is 12.1. The Morgan fingerprint density at radius 1 is 1.28 bits per heavy atom. The molecule has 1 heterocycles.